The molecule has 0 bridgehead atoms. The first-order valence-corrected chi connectivity index (χ1v) is 3.96. The van der Waals surface area contributed by atoms with Crippen LogP contribution >= 0.6 is 12.6 Å². The maximum absolute atomic E-state index is 10.8. The number of thiol groups is 1. The van der Waals surface area contributed by atoms with E-state index in [1.165, 1.54) is 4.68 Å². The van der Waals surface area contributed by atoms with Crippen molar-refractivity contribution in [1.29, 1.82) is 0 Å². The molecule has 0 saturated heterocycles. The molecule has 0 saturated carbocycles. The normalized spacial score (nSPS) is 9.83. The van der Waals surface area contributed by atoms with Crippen LogP contribution in [0.2, 0.25) is 0 Å². The highest BCUT2D eigenvalue weighted by molar-refractivity contribution is 7.81. The van der Waals surface area contributed by atoms with Crippen molar-refractivity contribution in [3.63, 3.8) is 0 Å². The summed E-state index contributed by atoms with van der Waals surface area (Å²) in [7, 11) is 1.71. The Labute approximate surface area is 74.7 Å². The van der Waals surface area contributed by atoms with Crippen LogP contribution < -0.4 is 5.32 Å². The van der Waals surface area contributed by atoms with Gasteiger partial charge < -0.3 is 5.32 Å². The van der Waals surface area contributed by atoms with Crippen LogP contribution in [0.5, 0.6) is 0 Å². The Kier molecular flexibility index (Phi) is 3.03. The number of aromatic nitrogens is 4. The Bertz CT molecular complexity index is 273. The molecule has 1 amide bonds. The second-order valence-corrected chi connectivity index (χ2v) is 2.47. The first-order chi connectivity index (χ1) is 5.74. The van der Waals surface area contributed by atoms with Crippen molar-refractivity contribution in [2.45, 2.75) is 6.54 Å². The molecule has 0 radical (unpaired) electrons. The van der Waals surface area contributed by atoms with Gasteiger partial charge in [0.15, 0.2) is 5.82 Å². The van der Waals surface area contributed by atoms with Crippen molar-refractivity contribution in [2.75, 3.05) is 5.75 Å². The van der Waals surface area contributed by atoms with E-state index in [1.807, 2.05) is 0 Å². The van der Waals surface area contributed by atoms with Gasteiger partial charge in [-0.15, -0.1) is 5.10 Å². The number of carbonyl (C=O) groups is 1. The molecule has 1 aromatic heterocycles. The van der Waals surface area contributed by atoms with E-state index >= 15 is 0 Å². The average molecular weight is 187 g/mol. The van der Waals surface area contributed by atoms with Gasteiger partial charge in [-0.3, -0.25) is 4.79 Å². The fourth-order valence-corrected chi connectivity index (χ4v) is 0.743. The van der Waals surface area contributed by atoms with Crippen LogP contribution in [0.1, 0.15) is 5.82 Å². The van der Waals surface area contributed by atoms with E-state index in [9.17, 15) is 4.79 Å². The zero-order chi connectivity index (χ0) is 8.97. The zero-order valence-electron chi connectivity index (χ0n) is 6.56. The first kappa shape index (κ1) is 8.98. The zero-order valence-corrected chi connectivity index (χ0v) is 7.45. The first-order valence-electron chi connectivity index (χ1n) is 3.33. The summed E-state index contributed by atoms with van der Waals surface area (Å²) in [6.07, 6.45) is 0. The Morgan fingerprint density at radius 3 is 3.00 bits per heavy atom. The summed E-state index contributed by atoms with van der Waals surface area (Å²) < 4.78 is 1.50. The molecule has 0 spiro atoms. The number of rotatable bonds is 3. The van der Waals surface area contributed by atoms with Gasteiger partial charge in [0.2, 0.25) is 5.91 Å². The molecule has 1 N–H and O–H groups in total. The van der Waals surface area contributed by atoms with Crippen molar-refractivity contribution in [3.05, 3.63) is 5.82 Å². The van der Waals surface area contributed by atoms with E-state index in [-0.39, 0.29) is 11.7 Å². The second kappa shape index (κ2) is 4.05. The molecule has 0 fully saturated rings. The summed E-state index contributed by atoms with van der Waals surface area (Å²) >= 11 is 3.80. The summed E-state index contributed by atoms with van der Waals surface area (Å²) in [5.41, 5.74) is 0. The van der Waals surface area contributed by atoms with Crippen LogP contribution in [0.3, 0.4) is 0 Å². The lowest BCUT2D eigenvalue weighted by Gasteiger charge is -1.99. The maximum Gasteiger partial charge on any atom is 0.230 e. The van der Waals surface area contributed by atoms with Gasteiger partial charge in [-0.2, -0.15) is 12.6 Å². The molecular weight excluding hydrogens is 178 g/mol. The highest BCUT2D eigenvalue weighted by Gasteiger charge is 2.02. The summed E-state index contributed by atoms with van der Waals surface area (Å²) in [6.45, 7) is 0.336. The fourth-order valence-electron chi connectivity index (χ4n) is 0.631. The predicted octanol–water partition coefficient (Wildman–Crippen LogP) is -1.24. The van der Waals surface area contributed by atoms with E-state index in [2.05, 4.69) is 33.5 Å². The Morgan fingerprint density at radius 2 is 2.50 bits per heavy atom. The van der Waals surface area contributed by atoms with Gasteiger partial charge in [0, 0.05) is 7.05 Å². The molecule has 12 heavy (non-hydrogen) atoms. The average Bonchev–Trinajstić information content (AvgIpc) is 2.47. The summed E-state index contributed by atoms with van der Waals surface area (Å²) in [6, 6.07) is 0. The molecule has 7 heteroatoms. The number of hydrogen-bond donors (Lipinski definition) is 2. The van der Waals surface area contributed by atoms with Crippen LogP contribution in [0, 0.1) is 0 Å². The minimum absolute atomic E-state index is 0.138. The van der Waals surface area contributed by atoms with Gasteiger partial charge in [-0.05, 0) is 10.4 Å². The van der Waals surface area contributed by atoms with Gasteiger partial charge in [-0.1, -0.05) is 0 Å². The molecule has 0 aliphatic heterocycles. The lowest BCUT2D eigenvalue weighted by molar-refractivity contribution is -0.118. The molecular formula is C5H9N5OS. The van der Waals surface area contributed by atoms with E-state index in [0.717, 1.165) is 0 Å². The van der Waals surface area contributed by atoms with E-state index in [1.54, 1.807) is 7.05 Å². The van der Waals surface area contributed by atoms with Crippen LogP contribution in [-0.4, -0.2) is 31.9 Å². The monoisotopic (exact) mass is 187 g/mol. The lowest BCUT2D eigenvalue weighted by atomic mass is 10.5. The number of aryl methyl sites for hydroxylation is 1. The molecule has 0 unspecified atom stereocenters. The number of hydrogen-bond acceptors (Lipinski definition) is 5. The topological polar surface area (TPSA) is 72.7 Å². The molecule has 0 aliphatic carbocycles. The SMILES string of the molecule is Cn1nnnc1CNC(=O)CS. The molecule has 1 aromatic rings. The Hall–Kier alpha value is -1.11. The largest absolute Gasteiger partial charge is 0.348 e. The van der Waals surface area contributed by atoms with Crippen LogP contribution in [-0.2, 0) is 18.4 Å². The molecule has 0 atom stereocenters. The van der Waals surface area contributed by atoms with E-state index < -0.39 is 0 Å². The Balaban J connectivity index is 2.43. The smallest absolute Gasteiger partial charge is 0.230 e. The Morgan fingerprint density at radius 1 is 1.75 bits per heavy atom. The third kappa shape index (κ3) is 2.19. The highest BCUT2D eigenvalue weighted by Crippen LogP contribution is 1.86. The summed E-state index contributed by atoms with van der Waals surface area (Å²) in [4.78, 5) is 10.8. The van der Waals surface area contributed by atoms with E-state index in [0.29, 0.717) is 12.4 Å². The highest BCUT2D eigenvalue weighted by atomic mass is 32.1. The van der Waals surface area contributed by atoms with Crippen LogP contribution in [0.4, 0.5) is 0 Å². The van der Waals surface area contributed by atoms with Gasteiger partial charge in [0.25, 0.3) is 0 Å². The van der Waals surface area contributed by atoms with Gasteiger partial charge in [0.1, 0.15) is 0 Å². The number of nitrogens with zero attached hydrogens (tertiary/aromatic N) is 4. The number of nitrogens with one attached hydrogen (secondary N) is 1. The number of carbonyl (C=O) groups excluding carboxylic acids is 1. The number of amides is 1. The standard InChI is InChI=1S/C5H9N5OS/c1-10-4(7-8-9-10)2-6-5(11)3-12/h12H,2-3H2,1H3,(H,6,11). The molecule has 1 rings (SSSR count). The van der Waals surface area contributed by atoms with Crippen molar-refractivity contribution in [1.82, 2.24) is 25.5 Å². The molecule has 1 heterocycles. The fraction of sp³-hybridized carbons (Fsp3) is 0.600. The van der Waals surface area contributed by atoms with Crippen molar-refractivity contribution < 1.29 is 4.79 Å². The maximum atomic E-state index is 10.8. The van der Waals surface area contributed by atoms with E-state index in [4.69, 9.17) is 0 Å². The van der Waals surface area contributed by atoms with Crippen LogP contribution in [0.25, 0.3) is 0 Å². The van der Waals surface area contributed by atoms with Crippen molar-refractivity contribution >= 4 is 18.5 Å². The number of tetrazole rings is 1. The van der Waals surface area contributed by atoms with Crippen LogP contribution in [0.15, 0.2) is 0 Å². The molecule has 6 nitrogen and oxygen atoms in total. The molecule has 0 aromatic carbocycles. The second-order valence-electron chi connectivity index (χ2n) is 2.15. The molecule has 0 aliphatic rings. The summed E-state index contributed by atoms with van der Waals surface area (Å²) in [5.74, 6) is 0.650. The van der Waals surface area contributed by atoms with Gasteiger partial charge in [0.05, 0.1) is 12.3 Å². The van der Waals surface area contributed by atoms with Crippen molar-refractivity contribution in [3.8, 4) is 0 Å². The minimum atomic E-state index is -0.138. The summed E-state index contributed by atoms with van der Waals surface area (Å²) in [5, 5.41) is 13.3. The minimum Gasteiger partial charge on any atom is -0.348 e. The van der Waals surface area contributed by atoms with Crippen molar-refractivity contribution in [2.24, 2.45) is 7.05 Å². The lowest BCUT2D eigenvalue weighted by Crippen LogP contribution is -2.25. The quantitative estimate of drug-likeness (QED) is 0.580. The van der Waals surface area contributed by atoms with Gasteiger partial charge >= 0.3 is 0 Å². The third-order valence-corrected chi connectivity index (χ3v) is 1.58. The molecule has 66 valence electrons. The third-order valence-electron chi connectivity index (χ3n) is 1.30. The predicted molar refractivity (Wildman–Crippen MR) is 44.5 cm³/mol. The van der Waals surface area contributed by atoms with Gasteiger partial charge in [-0.25, -0.2) is 4.68 Å².